The second-order valence-electron chi connectivity index (χ2n) is 9.02. The van der Waals surface area contributed by atoms with E-state index in [9.17, 15) is 27.9 Å². The van der Waals surface area contributed by atoms with E-state index >= 15 is 0 Å². The Balaban J connectivity index is 1.84. The molecule has 1 saturated heterocycles. The number of methoxy groups -OCH3 is 1. The number of nitrogens with zero attached hydrogens (tertiary/aromatic N) is 2. The van der Waals surface area contributed by atoms with Crippen molar-refractivity contribution in [1.82, 2.24) is 9.88 Å². The lowest BCUT2D eigenvalue weighted by atomic mass is 9.93. The summed E-state index contributed by atoms with van der Waals surface area (Å²) in [5.41, 5.74) is 0.790. The first kappa shape index (κ1) is 25.9. The van der Waals surface area contributed by atoms with Gasteiger partial charge in [-0.1, -0.05) is 26.0 Å². The number of halogens is 3. The van der Waals surface area contributed by atoms with Crippen LogP contribution in [0.4, 0.5) is 13.2 Å². The van der Waals surface area contributed by atoms with Crippen molar-refractivity contribution in [2.24, 2.45) is 0 Å². The molecule has 1 N–H and O–H groups in total. The second-order valence-corrected chi connectivity index (χ2v) is 9.02. The van der Waals surface area contributed by atoms with E-state index in [-0.39, 0.29) is 29.4 Å². The van der Waals surface area contributed by atoms with Gasteiger partial charge in [0.15, 0.2) is 0 Å². The molecule has 0 spiro atoms. The first-order chi connectivity index (χ1) is 17.5. The number of aromatic nitrogens is 1. The number of carbonyl (C=O) groups excluding carboxylic acids is 2. The molecule has 37 heavy (non-hydrogen) atoms. The predicted molar refractivity (Wildman–Crippen MR) is 131 cm³/mol. The number of hydrogen-bond donors (Lipinski definition) is 1. The standard InChI is InChI=1S/C28H25F3N2O4/c1-16(2)21-14-19(7-8-22(21)37-3)25(34)23-24(18-9-11-32-12-10-18)33(27(36)26(23)35)15-17-5-4-6-20(13-17)28(29,30)31/h4-14,16,24,34H,15H2,1-3H3/b25-23-. The summed E-state index contributed by atoms with van der Waals surface area (Å²) in [5.74, 6) is -1.56. The Bertz CT molecular complexity index is 1370. The molecule has 1 aliphatic heterocycles. The topological polar surface area (TPSA) is 79.7 Å². The Hall–Kier alpha value is -4.14. The Labute approximate surface area is 212 Å². The van der Waals surface area contributed by atoms with Gasteiger partial charge in [0, 0.05) is 24.5 Å². The summed E-state index contributed by atoms with van der Waals surface area (Å²) in [6.07, 6.45) is -1.61. The van der Waals surface area contributed by atoms with Gasteiger partial charge in [-0.3, -0.25) is 14.6 Å². The van der Waals surface area contributed by atoms with Crippen molar-refractivity contribution in [2.75, 3.05) is 7.11 Å². The third-order valence-electron chi connectivity index (χ3n) is 6.29. The monoisotopic (exact) mass is 510 g/mol. The number of aliphatic hydroxyl groups is 1. The van der Waals surface area contributed by atoms with Crippen molar-refractivity contribution in [2.45, 2.75) is 38.5 Å². The predicted octanol–water partition coefficient (Wildman–Crippen LogP) is 5.85. The van der Waals surface area contributed by atoms with Crippen molar-refractivity contribution in [3.63, 3.8) is 0 Å². The van der Waals surface area contributed by atoms with E-state index < -0.39 is 29.5 Å². The maximum atomic E-state index is 13.3. The van der Waals surface area contributed by atoms with Gasteiger partial charge in [0.05, 0.1) is 24.3 Å². The summed E-state index contributed by atoms with van der Waals surface area (Å²) in [6.45, 7) is 3.64. The molecule has 2 heterocycles. The zero-order chi connectivity index (χ0) is 26.9. The fraction of sp³-hybridized carbons (Fsp3) is 0.250. The molecular formula is C28H25F3N2O4. The summed E-state index contributed by atoms with van der Waals surface area (Å²) in [7, 11) is 1.53. The molecular weight excluding hydrogens is 485 g/mol. The number of ether oxygens (including phenoxy) is 1. The van der Waals surface area contributed by atoms with Gasteiger partial charge in [-0.05, 0) is 65.1 Å². The molecule has 0 radical (unpaired) electrons. The second kappa shape index (κ2) is 10.1. The highest BCUT2D eigenvalue weighted by atomic mass is 19.4. The van der Waals surface area contributed by atoms with Crippen molar-refractivity contribution < 1.29 is 32.6 Å². The zero-order valence-corrected chi connectivity index (χ0v) is 20.4. The van der Waals surface area contributed by atoms with E-state index in [1.165, 1.54) is 36.5 Å². The smallest absolute Gasteiger partial charge is 0.416 e. The number of hydrogen-bond acceptors (Lipinski definition) is 5. The van der Waals surface area contributed by atoms with Crippen LogP contribution in [-0.2, 0) is 22.3 Å². The lowest BCUT2D eigenvalue weighted by Gasteiger charge is -2.25. The van der Waals surface area contributed by atoms with Crippen molar-refractivity contribution in [3.05, 3.63) is 100 Å². The quantitative estimate of drug-likeness (QED) is 0.256. The summed E-state index contributed by atoms with van der Waals surface area (Å²) >= 11 is 0. The zero-order valence-electron chi connectivity index (χ0n) is 20.4. The van der Waals surface area contributed by atoms with Gasteiger partial charge < -0.3 is 14.7 Å². The Morgan fingerprint density at radius 1 is 1.08 bits per heavy atom. The maximum absolute atomic E-state index is 13.3. The summed E-state index contributed by atoms with van der Waals surface area (Å²) in [5, 5.41) is 11.3. The minimum Gasteiger partial charge on any atom is -0.507 e. The molecule has 192 valence electrons. The fourth-order valence-corrected chi connectivity index (χ4v) is 4.47. The molecule has 0 aliphatic carbocycles. The van der Waals surface area contributed by atoms with Crippen molar-refractivity contribution in [3.8, 4) is 5.75 Å². The summed E-state index contributed by atoms with van der Waals surface area (Å²) in [6, 6.07) is 11.7. The minimum atomic E-state index is -4.56. The van der Waals surface area contributed by atoms with Crippen LogP contribution in [0.25, 0.3) is 5.76 Å². The van der Waals surface area contributed by atoms with E-state index in [0.717, 1.165) is 17.7 Å². The summed E-state index contributed by atoms with van der Waals surface area (Å²) in [4.78, 5) is 31.6. The molecule has 6 nitrogen and oxygen atoms in total. The first-order valence-electron chi connectivity index (χ1n) is 11.6. The normalized spacial score (nSPS) is 17.5. The average molecular weight is 511 g/mol. The number of aliphatic hydroxyl groups excluding tert-OH is 1. The highest BCUT2D eigenvalue weighted by molar-refractivity contribution is 6.46. The van der Waals surface area contributed by atoms with Crippen LogP contribution in [0.3, 0.4) is 0 Å². The minimum absolute atomic E-state index is 0.0435. The van der Waals surface area contributed by atoms with Gasteiger partial charge >= 0.3 is 6.18 Å². The van der Waals surface area contributed by atoms with Gasteiger partial charge in [-0.15, -0.1) is 0 Å². The van der Waals surface area contributed by atoms with E-state index in [1.54, 1.807) is 30.3 Å². The van der Waals surface area contributed by atoms with Crippen LogP contribution in [-0.4, -0.2) is 33.8 Å². The first-order valence-corrected chi connectivity index (χ1v) is 11.6. The highest BCUT2D eigenvalue weighted by Gasteiger charge is 2.46. The van der Waals surface area contributed by atoms with Crippen LogP contribution in [0.15, 0.2) is 72.6 Å². The molecule has 1 aromatic heterocycles. The Morgan fingerprint density at radius 2 is 1.78 bits per heavy atom. The molecule has 1 aliphatic rings. The Kier molecular flexibility index (Phi) is 7.07. The maximum Gasteiger partial charge on any atom is 0.416 e. The number of Topliss-reactive ketones (excluding diaryl/α,β-unsaturated/α-hetero) is 1. The van der Waals surface area contributed by atoms with Crippen LogP contribution >= 0.6 is 0 Å². The van der Waals surface area contributed by atoms with Crippen LogP contribution in [0.5, 0.6) is 5.75 Å². The molecule has 0 bridgehead atoms. The molecule has 4 rings (SSSR count). The largest absolute Gasteiger partial charge is 0.507 e. The van der Waals surface area contributed by atoms with E-state index in [4.69, 9.17) is 4.74 Å². The van der Waals surface area contributed by atoms with Gasteiger partial charge in [0.25, 0.3) is 11.7 Å². The third kappa shape index (κ3) is 5.07. The molecule has 9 heteroatoms. The number of pyridine rings is 1. The number of ketones is 1. The van der Waals surface area contributed by atoms with Crippen LogP contribution in [0, 0.1) is 0 Å². The fourth-order valence-electron chi connectivity index (χ4n) is 4.47. The molecule has 3 aromatic rings. The average Bonchev–Trinajstić information content (AvgIpc) is 3.13. The van der Waals surface area contributed by atoms with E-state index in [0.29, 0.717) is 16.9 Å². The third-order valence-corrected chi connectivity index (χ3v) is 6.29. The van der Waals surface area contributed by atoms with Gasteiger partial charge in [0.1, 0.15) is 11.5 Å². The number of carbonyl (C=O) groups is 2. The number of rotatable bonds is 6. The number of benzene rings is 2. The van der Waals surface area contributed by atoms with Gasteiger partial charge in [-0.2, -0.15) is 13.2 Å². The number of likely N-dealkylation sites (tertiary alicyclic amines) is 1. The molecule has 1 fully saturated rings. The molecule has 1 amide bonds. The van der Waals surface area contributed by atoms with Crippen molar-refractivity contribution in [1.29, 1.82) is 0 Å². The molecule has 1 atom stereocenters. The number of amides is 1. The van der Waals surface area contributed by atoms with Crippen LogP contribution < -0.4 is 4.74 Å². The van der Waals surface area contributed by atoms with Gasteiger partial charge in [0.2, 0.25) is 0 Å². The van der Waals surface area contributed by atoms with Gasteiger partial charge in [-0.25, -0.2) is 0 Å². The molecule has 1 unspecified atom stereocenters. The lowest BCUT2D eigenvalue weighted by molar-refractivity contribution is -0.140. The van der Waals surface area contributed by atoms with Crippen molar-refractivity contribution >= 4 is 17.4 Å². The molecule has 0 saturated carbocycles. The molecule has 2 aromatic carbocycles. The number of alkyl halides is 3. The summed E-state index contributed by atoms with van der Waals surface area (Å²) < 4.78 is 45.2. The SMILES string of the molecule is COc1ccc(/C(O)=C2/C(=O)C(=O)N(Cc3cccc(C(F)(F)F)c3)C2c2ccncc2)cc1C(C)C. The van der Waals surface area contributed by atoms with Crippen LogP contribution in [0.2, 0.25) is 0 Å². The van der Waals surface area contributed by atoms with Crippen LogP contribution in [0.1, 0.15) is 53.6 Å². The van der Waals surface area contributed by atoms with E-state index in [1.807, 2.05) is 13.8 Å². The Morgan fingerprint density at radius 3 is 2.41 bits per heavy atom. The van der Waals surface area contributed by atoms with E-state index in [2.05, 4.69) is 4.98 Å². The highest BCUT2D eigenvalue weighted by Crippen LogP contribution is 2.41. The lowest BCUT2D eigenvalue weighted by Crippen LogP contribution is -2.29.